The third-order valence-corrected chi connectivity index (χ3v) is 3.43. The highest BCUT2D eigenvalue weighted by molar-refractivity contribution is 7.12. The van der Waals surface area contributed by atoms with Crippen LogP contribution in [0.3, 0.4) is 0 Å². The molecule has 0 aliphatic carbocycles. The molecule has 19 heavy (non-hydrogen) atoms. The lowest BCUT2D eigenvalue weighted by atomic mass is 10.2. The van der Waals surface area contributed by atoms with Crippen molar-refractivity contribution < 1.29 is 9.59 Å². The Morgan fingerprint density at radius 3 is 2.89 bits per heavy atom. The minimum absolute atomic E-state index is 0.0341. The van der Waals surface area contributed by atoms with Crippen LogP contribution in [0.5, 0.6) is 0 Å². The van der Waals surface area contributed by atoms with Crippen LogP contribution in [0, 0.1) is 6.92 Å². The molecule has 0 bridgehead atoms. The largest absolute Gasteiger partial charge is 0.350 e. The average molecular weight is 278 g/mol. The average Bonchev–Trinajstić information content (AvgIpc) is 3.05. The van der Waals surface area contributed by atoms with Crippen LogP contribution in [0.2, 0.25) is 0 Å². The minimum Gasteiger partial charge on any atom is -0.350 e. The predicted molar refractivity (Wildman–Crippen MR) is 71.8 cm³/mol. The molecule has 0 aliphatic rings. The van der Waals surface area contributed by atoms with Gasteiger partial charge in [-0.3, -0.25) is 14.7 Å². The van der Waals surface area contributed by atoms with Crippen LogP contribution >= 0.6 is 11.3 Å². The summed E-state index contributed by atoms with van der Waals surface area (Å²) in [6.07, 6.45) is 1.67. The lowest BCUT2D eigenvalue weighted by Crippen LogP contribution is -2.36. The summed E-state index contributed by atoms with van der Waals surface area (Å²) in [5, 5.41) is 13.8. The fraction of sp³-hybridized carbons (Fsp3) is 0.250. The van der Waals surface area contributed by atoms with E-state index >= 15 is 0 Å². The van der Waals surface area contributed by atoms with Crippen molar-refractivity contribution in [2.24, 2.45) is 0 Å². The van der Waals surface area contributed by atoms with Gasteiger partial charge >= 0.3 is 0 Å². The Kier molecular flexibility index (Phi) is 4.30. The topological polar surface area (TPSA) is 86.9 Å². The molecule has 3 N–H and O–H groups in total. The Bertz CT molecular complexity index is 562. The highest BCUT2D eigenvalue weighted by atomic mass is 32.1. The zero-order valence-corrected chi connectivity index (χ0v) is 11.2. The van der Waals surface area contributed by atoms with Gasteiger partial charge in [-0.1, -0.05) is 6.07 Å². The van der Waals surface area contributed by atoms with Crippen LogP contribution < -0.4 is 10.6 Å². The Hall–Kier alpha value is -2.15. The number of nitrogens with zero attached hydrogens (tertiary/aromatic N) is 1. The molecule has 0 aliphatic heterocycles. The maximum Gasteiger partial charge on any atom is 0.261 e. The monoisotopic (exact) mass is 278 g/mol. The molecule has 7 heteroatoms. The van der Waals surface area contributed by atoms with Gasteiger partial charge in [-0.25, -0.2) is 0 Å². The highest BCUT2D eigenvalue weighted by Gasteiger charge is 2.09. The van der Waals surface area contributed by atoms with Crippen LogP contribution in [0.15, 0.2) is 23.7 Å². The first kappa shape index (κ1) is 13.3. The van der Waals surface area contributed by atoms with Gasteiger partial charge in [-0.05, 0) is 18.4 Å². The van der Waals surface area contributed by atoms with E-state index < -0.39 is 0 Å². The second kappa shape index (κ2) is 6.14. The van der Waals surface area contributed by atoms with E-state index in [0.717, 1.165) is 11.3 Å². The smallest absolute Gasteiger partial charge is 0.261 e. The number of hydrogen-bond donors (Lipinski definition) is 3. The van der Waals surface area contributed by atoms with Gasteiger partial charge in [0.15, 0.2) is 0 Å². The van der Waals surface area contributed by atoms with Gasteiger partial charge in [0.25, 0.3) is 5.91 Å². The van der Waals surface area contributed by atoms with Crippen LogP contribution in [0.25, 0.3) is 0 Å². The maximum atomic E-state index is 11.6. The molecule has 0 saturated carbocycles. The van der Waals surface area contributed by atoms with Gasteiger partial charge < -0.3 is 10.6 Å². The van der Waals surface area contributed by atoms with Crippen molar-refractivity contribution in [3.05, 3.63) is 39.8 Å². The van der Waals surface area contributed by atoms with Gasteiger partial charge in [-0.15, -0.1) is 11.3 Å². The van der Waals surface area contributed by atoms with Crippen molar-refractivity contribution >= 4 is 23.2 Å². The number of aryl methyl sites for hydroxylation is 1. The molecule has 0 unspecified atom stereocenters. The standard InChI is InChI=1S/C12H14N4O2S/c1-8-9(6-15-16-8)5-13-11(17)7-14-12(18)10-3-2-4-19-10/h2-4,6H,5,7H2,1H3,(H,13,17)(H,14,18)(H,15,16). The van der Waals surface area contributed by atoms with Crippen LogP contribution in [0.1, 0.15) is 20.9 Å². The lowest BCUT2D eigenvalue weighted by molar-refractivity contribution is -0.120. The summed E-state index contributed by atoms with van der Waals surface area (Å²) >= 11 is 1.34. The first-order chi connectivity index (χ1) is 9.16. The first-order valence-electron chi connectivity index (χ1n) is 5.74. The van der Waals surface area contributed by atoms with Crippen molar-refractivity contribution in [1.82, 2.24) is 20.8 Å². The summed E-state index contributed by atoms with van der Waals surface area (Å²) in [7, 11) is 0. The van der Waals surface area contributed by atoms with E-state index in [-0.39, 0.29) is 18.4 Å². The molecular weight excluding hydrogens is 264 g/mol. The van der Waals surface area contributed by atoms with E-state index in [1.807, 2.05) is 12.3 Å². The predicted octanol–water partition coefficient (Wildman–Crippen LogP) is 0.826. The van der Waals surface area contributed by atoms with Gasteiger partial charge in [0.2, 0.25) is 5.91 Å². The summed E-state index contributed by atoms with van der Waals surface area (Å²) in [5.74, 6) is -0.463. The highest BCUT2D eigenvalue weighted by Crippen LogP contribution is 2.07. The molecule has 6 nitrogen and oxygen atoms in total. The number of hydrogen-bond acceptors (Lipinski definition) is 4. The fourth-order valence-electron chi connectivity index (χ4n) is 1.47. The molecule has 0 fully saturated rings. The number of nitrogens with one attached hydrogen (secondary N) is 3. The number of carbonyl (C=O) groups excluding carboxylic acids is 2. The number of carbonyl (C=O) groups is 2. The second-order valence-electron chi connectivity index (χ2n) is 3.96. The zero-order valence-electron chi connectivity index (χ0n) is 10.4. The molecule has 100 valence electrons. The number of thiophene rings is 1. The molecule has 2 aromatic heterocycles. The van der Waals surface area contributed by atoms with Gasteiger partial charge in [-0.2, -0.15) is 5.10 Å². The normalized spacial score (nSPS) is 10.2. The number of aromatic amines is 1. The summed E-state index contributed by atoms with van der Waals surface area (Å²) in [6.45, 7) is 2.25. The van der Waals surface area contributed by atoms with Crippen LogP contribution in [-0.4, -0.2) is 28.6 Å². The van der Waals surface area contributed by atoms with Crippen molar-refractivity contribution in [1.29, 1.82) is 0 Å². The molecule has 2 heterocycles. The van der Waals surface area contributed by atoms with E-state index in [1.54, 1.807) is 18.3 Å². The first-order valence-corrected chi connectivity index (χ1v) is 6.62. The third kappa shape index (κ3) is 3.65. The van der Waals surface area contributed by atoms with Crippen molar-refractivity contribution in [2.45, 2.75) is 13.5 Å². The molecule has 2 aromatic rings. The second-order valence-corrected chi connectivity index (χ2v) is 4.90. The molecule has 0 aromatic carbocycles. The Labute approximate surface area is 114 Å². The Morgan fingerprint density at radius 2 is 2.26 bits per heavy atom. The van der Waals surface area contributed by atoms with Gasteiger partial charge in [0.1, 0.15) is 0 Å². The molecule has 0 radical (unpaired) electrons. The maximum absolute atomic E-state index is 11.6. The summed E-state index contributed by atoms with van der Waals surface area (Å²) in [4.78, 5) is 23.8. The zero-order chi connectivity index (χ0) is 13.7. The number of aromatic nitrogens is 2. The number of amides is 2. The van der Waals surface area contributed by atoms with Crippen LogP contribution in [0.4, 0.5) is 0 Å². The fourth-order valence-corrected chi connectivity index (χ4v) is 2.11. The molecule has 0 saturated heterocycles. The van der Waals surface area contributed by atoms with E-state index in [9.17, 15) is 9.59 Å². The summed E-state index contributed by atoms with van der Waals surface area (Å²) in [5.41, 5.74) is 1.85. The third-order valence-electron chi connectivity index (χ3n) is 2.56. The lowest BCUT2D eigenvalue weighted by Gasteiger charge is -2.05. The van der Waals surface area contributed by atoms with E-state index in [1.165, 1.54) is 11.3 Å². The van der Waals surface area contributed by atoms with Gasteiger partial charge in [0.05, 0.1) is 17.6 Å². The quantitative estimate of drug-likeness (QED) is 0.757. The SMILES string of the molecule is Cc1[nH]ncc1CNC(=O)CNC(=O)c1cccs1. The van der Waals surface area contributed by atoms with E-state index in [0.29, 0.717) is 11.4 Å². The van der Waals surface area contributed by atoms with Crippen molar-refractivity contribution in [3.8, 4) is 0 Å². The van der Waals surface area contributed by atoms with Crippen molar-refractivity contribution in [3.63, 3.8) is 0 Å². The van der Waals surface area contributed by atoms with E-state index in [4.69, 9.17) is 0 Å². The Morgan fingerprint density at radius 1 is 1.42 bits per heavy atom. The molecule has 0 atom stereocenters. The van der Waals surface area contributed by atoms with Crippen LogP contribution in [-0.2, 0) is 11.3 Å². The molecule has 2 amide bonds. The summed E-state index contributed by atoms with van der Waals surface area (Å²) < 4.78 is 0. The van der Waals surface area contributed by atoms with E-state index in [2.05, 4.69) is 20.8 Å². The minimum atomic E-state index is -0.232. The Balaban J connectivity index is 1.73. The number of H-pyrrole nitrogens is 1. The molecular formula is C12H14N4O2S. The summed E-state index contributed by atoms with van der Waals surface area (Å²) in [6, 6.07) is 3.51. The van der Waals surface area contributed by atoms with Crippen molar-refractivity contribution in [2.75, 3.05) is 6.54 Å². The molecule has 2 rings (SSSR count). The molecule has 0 spiro atoms. The number of rotatable bonds is 5. The van der Waals surface area contributed by atoms with Gasteiger partial charge in [0, 0.05) is 17.8 Å².